The number of hydrogen-bond donors (Lipinski definition) is 0. The van der Waals surface area contributed by atoms with Crippen molar-refractivity contribution in [3.8, 4) is 12.1 Å². The van der Waals surface area contributed by atoms with Crippen LogP contribution in [0, 0.1) is 22.7 Å². The van der Waals surface area contributed by atoms with Crippen LogP contribution < -0.4 is 0 Å². The fourth-order valence-electron chi connectivity index (χ4n) is 3.10. The summed E-state index contributed by atoms with van der Waals surface area (Å²) in [5.41, 5.74) is 3.00. The molecule has 140 valence electrons. The minimum absolute atomic E-state index is 0.226. The fraction of sp³-hybridized carbons (Fsp3) is 0.150. The van der Waals surface area contributed by atoms with E-state index in [1.54, 1.807) is 12.1 Å². The van der Waals surface area contributed by atoms with Crippen molar-refractivity contribution >= 4 is 56.0 Å². The van der Waals surface area contributed by atoms with Gasteiger partial charge in [-0.25, -0.2) is 4.79 Å². The molecule has 0 aliphatic heterocycles. The van der Waals surface area contributed by atoms with E-state index in [9.17, 15) is 15.3 Å². The topological polar surface area (TPSA) is 78.8 Å². The number of nitriles is 2. The van der Waals surface area contributed by atoms with Crippen LogP contribution in [0.4, 0.5) is 0 Å². The molecule has 1 heterocycles. The summed E-state index contributed by atoms with van der Waals surface area (Å²) in [6.07, 6.45) is 0.331. The molecule has 0 fully saturated rings. The summed E-state index contributed by atoms with van der Waals surface area (Å²) in [5, 5.41) is 20.2. The first-order valence-electron chi connectivity index (χ1n) is 8.00. The number of hydrogen-bond acceptors (Lipinski definition) is 4. The number of aryl methyl sites for hydroxylation is 1. The highest BCUT2D eigenvalue weighted by Gasteiger charge is 2.20. The number of halogens is 3. The molecule has 0 unspecified atom stereocenters. The standard InChI is InChI=1S/C20H12BrCl2N3O2/c1-26-10(5-12-14(8-24)15(9-25)16(21)7-18(12)26)6-13-17(22)4-3-11(19(13)23)20(27)28-2/h3-5,7H,6H2,1-2H3. The second-order valence-corrected chi connectivity index (χ2v) is 7.65. The first kappa shape index (κ1) is 20.2. The summed E-state index contributed by atoms with van der Waals surface area (Å²) in [7, 11) is 3.13. The average Bonchev–Trinajstić information content (AvgIpc) is 2.98. The molecule has 0 aliphatic rings. The predicted molar refractivity (Wildman–Crippen MR) is 111 cm³/mol. The van der Waals surface area contributed by atoms with Gasteiger partial charge in [-0.1, -0.05) is 23.2 Å². The molecule has 5 nitrogen and oxygen atoms in total. The van der Waals surface area contributed by atoms with E-state index in [4.69, 9.17) is 27.9 Å². The number of rotatable bonds is 3. The van der Waals surface area contributed by atoms with Crippen LogP contribution in [0.25, 0.3) is 10.9 Å². The van der Waals surface area contributed by atoms with Crippen molar-refractivity contribution in [3.05, 3.63) is 66.7 Å². The molecule has 3 aromatic rings. The number of carbonyl (C=O) groups is 1. The zero-order valence-electron chi connectivity index (χ0n) is 14.8. The molecule has 0 saturated heterocycles. The summed E-state index contributed by atoms with van der Waals surface area (Å²) in [4.78, 5) is 11.9. The van der Waals surface area contributed by atoms with Gasteiger partial charge >= 0.3 is 5.97 Å². The molecular weight excluding hydrogens is 465 g/mol. The van der Waals surface area contributed by atoms with Crippen LogP contribution in [0.1, 0.15) is 32.7 Å². The largest absolute Gasteiger partial charge is 0.465 e. The smallest absolute Gasteiger partial charge is 0.339 e. The maximum Gasteiger partial charge on any atom is 0.339 e. The third-order valence-electron chi connectivity index (χ3n) is 4.57. The number of methoxy groups -OCH3 is 1. The van der Waals surface area contributed by atoms with E-state index in [0.717, 1.165) is 11.2 Å². The van der Waals surface area contributed by atoms with E-state index < -0.39 is 5.97 Å². The van der Waals surface area contributed by atoms with E-state index >= 15 is 0 Å². The molecule has 0 N–H and O–H groups in total. The lowest BCUT2D eigenvalue weighted by Crippen LogP contribution is -2.05. The number of nitrogens with zero attached hydrogens (tertiary/aromatic N) is 3. The van der Waals surface area contributed by atoms with Gasteiger partial charge in [0.1, 0.15) is 12.1 Å². The van der Waals surface area contributed by atoms with Crippen molar-refractivity contribution in [1.29, 1.82) is 10.5 Å². The summed E-state index contributed by atoms with van der Waals surface area (Å²) in [6.45, 7) is 0. The van der Waals surface area contributed by atoms with Crippen molar-refractivity contribution in [1.82, 2.24) is 4.57 Å². The average molecular weight is 477 g/mol. The van der Waals surface area contributed by atoms with Gasteiger partial charge in [-0.2, -0.15) is 10.5 Å². The van der Waals surface area contributed by atoms with E-state index in [1.807, 2.05) is 17.7 Å². The van der Waals surface area contributed by atoms with Crippen LogP contribution in [0.15, 0.2) is 28.7 Å². The Hall–Kier alpha value is -2.51. The number of aromatic nitrogens is 1. The van der Waals surface area contributed by atoms with Crippen LogP contribution >= 0.6 is 39.1 Å². The molecule has 28 heavy (non-hydrogen) atoms. The van der Waals surface area contributed by atoms with Crippen LogP contribution in [0.2, 0.25) is 10.0 Å². The Morgan fingerprint density at radius 2 is 1.89 bits per heavy atom. The first-order valence-corrected chi connectivity index (χ1v) is 9.55. The Bertz CT molecular complexity index is 1220. The molecule has 0 spiro atoms. The summed E-state index contributed by atoms with van der Waals surface area (Å²) >= 11 is 16.1. The van der Waals surface area contributed by atoms with Crippen molar-refractivity contribution in [2.75, 3.05) is 7.11 Å². The number of fused-ring (bicyclic) bond motifs is 1. The molecule has 8 heteroatoms. The van der Waals surface area contributed by atoms with Crippen molar-refractivity contribution < 1.29 is 9.53 Å². The van der Waals surface area contributed by atoms with Gasteiger partial charge in [-0.05, 0) is 45.8 Å². The van der Waals surface area contributed by atoms with Gasteiger partial charge < -0.3 is 9.30 Å². The van der Waals surface area contributed by atoms with Crippen LogP contribution in [0.5, 0.6) is 0 Å². The highest BCUT2D eigenvalue weighted by Crippen LogP contribution is 2.34. The lowest BCUT2D eigenvalue weighted by atomic mass is 10.0. The quantitative estimate of drug-likeness (QED) is 0.476. The SMILES string of the molecule is COC(=O)c1ccc(Cl)c(Cc2cc3c(C#N)c(C#N)c(Br)cc3n2C)c1Cl. The minimum Gasteiger partial charge on any atom is -0.465 e. The zero-order valence-corrected chi connectivity index (χ0v) is 17.9. The highest BCUT2D eigenvalue weighted by atomic mass is 79.9. The van der Waals surface area contributed by atoms with Gasteiger partial charge in [0, 0.05) is 34.0 Å². The lowest BCUT2D eigenvalue weighted by molar-refractivity contribution is 0.0601. The van der Waals surface area contributed by atoms with Gasteiger partial charge in [0.25, 0.3) is 0 Å². The Kier molecular flexibility index (Phi) is 5.67. The molecular formula is C20H12BrCl2N3O2. The Morgan fingerprint density at radius 3 is 2.50 bits per heavy atom. The van der Waals surface area contributed by atoms with Crippen LogP contribution in [0.3, 0.4) is 0 Å². The Balaban J connectivity index is 2.20. The van der Waals surface area contributed by atoms with Gasteiger partial charge in [0.2, 0.25) is 0 Å². The number of benzene rings is 2. The van der Waals surface area contributed by atoms with Crippen molar-refractivity contribution in [2.45, 2.75) is 6.42 Å². The molecule has 0 amide bonds. The molecule has 0 aliphatic carbocycles. The summed E-state index contributed by atoms with van der Waals surface area (Å²) in [6, 6.07) is 10.9. The second-order valence-electron chi connectivity index (χ2n) is 6.02. The maximum absolute atomic E-state index is 11.9. The Labute approximate surface area is 179 Å². The highest BCUT2D eigenvalue weighted by molar-refractivity contribution is 9.10. The molecule has 0 atom stereocenters. The molecule has 0 bridgehead atoms. The number of ether oxygens (including phenoxy) is 1. The lowest BCUT2D eigenvalue weighted by Gasteiger charge is -2.11. The van der Waals surface area contributed by atoms with Gasteiger partial charge in [0.05, 0.1) is 34.3 Å². The summed E-state index contributed by atoms with van der Waals surface area (Å²) < 4.78 is 7.21. The normalized spacial score (nSPS) is 10.5. The fourth-order valence-corrected chi connectivity index (χ4v) is 4.18. The van der Waals surface area contributed by atoms with Crippen LogP contribution in [-0.4, -0.2) is 17.6 Å². The third-order valence-corrected chi connectivity index (χ3v) is 5.98. The monoisotopic (exact) mass is 475 g/mol. The molecule has 2 aromatic carbocycles. The molecule has 0 saturated carbocycles. The summed E-state index contributed by atoms with van der Waals surface area (Å²) in [5.74, 6) is -0.547. The van der Waals surface area contributed by atoms with Crippen LogP contribution in [-0.2, 0) is 18.2 Å². The zero-order chi connectivity index (χ0) is 20.6. The van der Waals surface area contributed by atoms with E-state index in [1.165, 1.54) is 13.2 Å². The maximum atomic E-state index is 11.9. The second kappa shape index (κ2) is 7.85. The molecule has 0 radical (unpaired) electrons. The van der Waals surface area contributed by atoms with E-state index in [0.29, 0.717) is 32.4 Å². The Morgan fingerprint density at radius 1 is 1.21 bits per heavy atom. The minimum atomic E-state index is -0.547. The van der Waals surface area contributed by atoms with Gasteiger partial charge in [0.15, 0.2) is 0 Å². The van der Waals surface area contributed by atoms with Crippen molar-refractivity contribution in [2.24, 2.45) is 7.05 Å². The molecule has 1 aromatic heterocycles. The molecule has 3 rings (SSSR count). The van der Waals surface area contributed by atoms with Crippen molar-refractivity contribution in [3.63, 3.8) is 0 Å². The van der Waals surface area contributed by atoms with E-state index in [-0.39, 0.29) is 16.1 Å². The first-order chi connectivity index (χ1) is 13.3. The van der Waals surface area contributed by atoms with Gasteiger partial charge in [-0.3, -0.25) is 0 Å². The predicted octanol–water partition coefficient (Wildman–Crippen LogP) is 5.37. The number of carbonyl (C=O) groups excluding carboxylic acids is 1. The van der Waals surface area contributed by atoms with E-state index in [2.05, 4.69) is 28.1 Å². The third kappa shape index (κ3) is 3.25. The van der Waals surface area contributed by atoms with Gasteiger partial charge in [-0.15, -0.1) is 0 Å². The number of esters is 1.